The first-order valence-electron chi connectivity index (χ1n) is 8.43. The zero-order chi connectivity index (χ0) is 17.9. The third-order valence-electron chi connectivity index (χ3n) is 4.42. The van der Waals surface area contributed by atoms with E-state index in [1.807, 2.05) is 25.3 Å². The molecule has 8 heteroatoms. The van der Waals surface area contributed by atoms with Crippen LogP contribution in [0.4, 0.5) is 5.69 Å². The molecule has 1 aromatic carbocycles. The molecule has 1 fully saturated rings. The fourth-order valence-corrected chi connectivity index (χ4v) is 4.82. The van der Waals surface area contributed by atoms with E-state index < -0.39 is 0 Å². The molecule has 0 spiro atoms. The number of hydrogen-bond donors (Lipinski definition) is 2. The van der Waals surface area contributed by atoms with Crippen LogP contribution in [-0.4, -0.2) is 41.2 Å². The number of morpholine rings is 1. The number of aromatic amines is 1. The maximum Gasteiger partial charge on any atom is 0.108 e. The summed E-state index contributed by atoms with van der Waals surface area (Å²) in [6.07, 6.45) is 3.68. The van der Waals surface area contributed by atoms with Crippen molar-refractivity contribution in [1.29, 1.82) is 5.26 Å². The molecule has 0 saturated carbocycles. The molecule has 2 aromatic heterocycles. The second-order valence-corrected chi connectivity index (χ2v) is 8.38. The zero-order valence-electron chi connectivity index (χ0n) is 14.4. The Balaban J connectivity index is 1.45. The third-order valence-corrected chi connectivity index (χ3v) is 6.33. The number of H-pyrrole nitrogens is 1. The number of aromatic nitrogens is 2. The molecule has 4 rings (SSSR count). The van der Waals surface area contributed by atoms with Crippen molar-refractivity contribution in [3.63, 3.8) is 0 Å². The lowest BCUT2D eigenvalue weighted by Crippen LogP contribution is -2.35. The van der Waals surface area contributed by atoms with E-state index in [-0.39, 0.29) is 0 Å². The summed E-state index contributed by atoms with van der Waals surface area (Å²) in [5, 5.41) is 11.4. The van der Waals surface area contributed by atoms with Crippen molar-refractivity contribution in [1.82, 2.24) is 14.9 Å². The number of rotatable bonds is 5. The molecule has 3 aromatic rings. The van der Waals surface area contributed by atoms with Crippen molar-refractivity contribution >= 4 is 39.9 Å². The molecule has 1 saturated heterocycles. The van der Waals surface area contributed by atoms with Crippen molar-refractivity contribution in [2.24, 2.45) is 0 Å². The third kappa shape index (κ3) is 3.57. The molecule has 134 valence electrons. The van der Waals surface area contributed by atoms with Crippen LogP contribution in [0, 0.1) is 18.3 Å². The predicted octanol–water partition coefficient (Wildman–Crippen LogP) is 3.76. The van der Waals surface area contributed by atoms with Crippen molar-refractivity contribution in [3.8, 4) is 6.07 Å². The maximum absolute atomic E-state index is 9.27. The number of nitriles is 1. The number of benzene rings is 1. The molecule has 0 amide bonds. The van der Waals surface area contributed by atoms with Crippen molar-refractivity contribution in [3.05, 3.63) is 40.7 Å². The van der Waals surface area contributed by atoms with Gasteiger partial charge in [-0.05, 0) is 30.5 Å². The van der Waals surface area contributed by atoms with E-state index in [9.17, 15) is 5.26 Å². The minimum Gasteiger partial charge on any atom is -0.379 e. The molecule has 3 heterocycles. The van der Waals surface area contributed by atoms with Crippen LogP contribution in [0.15, 0.2) is 28.7 Å². The Morgan fingerprint density at radius 1 is 1.42 bits per heavy atom. The first-order valence-corrected chi connectivity index (χ1v) is 10.1. The second-order valence-electron chi connectivity index (χ2n) is 6.16. The number of anilines is 1. The summed E-state index contributed by atoms with van der Waals surface area (Å²) in [7, 11) is 0. The fraction of sp³-hybridized carbons (Fsp3) is 0.333. The van der Waals surface area contributed by atoms with E-state index in [1.165, 1.54) is 0 Å². The first-order chi connectivity index (χ1) is 12.7. The van der Waals surface area contributed by atoms with Crippen LogP contribution in [0.5, 0.6) is 0 Å². The summed E-state index contributed by atoms with van der Waals surface area (Å²) >= 11 is 3.26. The van der Waals surface area contributed by atoms with Gasteiger partial charge in [0.2, 0.25) is 0 Å². The van der Waals surface area contributed by atoms with E-state index in [0.717, 1.165) is 64.2 Å². The van der Waals surface area contributed by atoms with Crippen LogP contribution < -0.4 is 4.72 Å². The summed E-state index contributed by atoms with van der Waals surface area (Å²) in [6, 6.07) is 6.32. The molecule has 26 heavy (non-hydrogen) atoms. The van der Waals surface area contributed by atoms with Crippen LogP contribution in [0.25, 0.3) is 10.9 Å². The number of ether oxygens (including phenoxy) is 1. The van der Waals surface area contributed by atoms with Gasteiger partial charge in [0.05, 0.1) is 42.7 Å². The molecule has 2 N–H and O–H groups in total. The molecule has 1 aliphatic heterocycles. The number of nitrogens with zero attached hydrogens (tertiary/aromatic N) is 3. The molecule has 0 bridgehead atoms. The minimum atomic E-state index is 0.678. The number of aryl methyl sites for hydroxylation is 1. The van der Waals surface area contributed by atoms with Gasteiger partial charge in [0.15, 0.2) is 0 Å². The van der Waals surface area contributed by atoms with Gasteiger partial charge in [-0.1, -0.05) is 6.07 Å². The van der Waals surface area contributed by atoms with E-state index in [0.29, 0.717) is 5.56 Å². The Morgan fingerprint density at radius 2 is 2.27 bits per heavy atom. The summed E-state index contributed by atoms with van der Waals surface area (Å²) in [5.41, 5.74) is 3.71. The highest BCUT2D eigenvalue weighted by Crippen LogP contribution is 2.33. The lowest BCUT2D eigenvalue weighted by atomic mass is 10.1. The molecule has 0 aliphatic carbocycles. The van der Waals surface area contributed by atoms with Crippen molar-refractivity contribution < 1.29 is 4.74 Å². The molecule has 0 atom stereocenters. The SMILES string of the molecule is Cc1ccc(NSc2cnc(CN3CCOCC3)s2)c2[nH]cc(C#N)c12. The summed E-state index contributed by atoms with van der Waals surface area (Å²) in [5.74, 6) is 0. The fourth-order valence-electron chi connectivity index (χ4n) is 3.06. The lowest BCUT2D eigenvalue weighted by molar-refractivity contribution is 0.0341. The minimum absolute atomic E-state index is 0.678. The standard InChI is InChI=1S/C18H19N5OS2/c1-12-2-3-14(18-17(12)13(8-19)9-21-18)22-26-16-10-20-15(25-16)11-23-4-6-24-7-5-23/h2-3,9-10,21-22H,4-7,11H2,1H3. The van der Waals surface area contributed by atoms with Crippen LogP contribution in [0.3, 0.4) is 0 Å². The van der Waals surface area contributed by atoms with Gasteiger partial charge in [0.1, 0.15) is 15.3 Å². The van der Waals surface area contributed by atoms with E-state index in [2.05, 4.69) is 25.7 Å². The molecule has 1 aliphatic rings. The molecule has 6 nitrogen and oxygen atoms in total. The topological polar surface area (TPSA) is 77.0 Å². The smallest absolute Gasteiger partial charge is 0.108 e. The van der Waals surface area contributed by atoms with Gasteiger partial charge < -0.3 is 14.4 Å². The van der Waals surface area contributed by atoms with Crippen LogP contribution in [0.2, 0.25) is 0 Å². The highest BCUT2D eigenvalue weighted by molar-refractivity contribution is 8.02. The Kier molecular flexibility index (Phi) is 5.13. The largest absolute Gasteiger partial charge is 0.379 e. The van der Waals surface area contributed by atoms with E-state index in [4.69, 9.17) is 4.74 Å². The highest BCUT2D eigenvalue weighted by Gasteiger charge is 2.14. The molecular formula is C18H19N5OS2. The van der Waals surface area contributed by atoms with Crippen molar-refractivity contribution in [2.45, 2.75) is 17.7 Å². The molecular weight excluding hydrogens is 366 g/mol. The van der Waals surface area contributed by atoms with Gasteiger partial charge in [-0.2, -0.15) is 5.26 Å². The monoisotopic (exact) mass is 385 g/mol. The summed E-state index contributed by atoms with van der Waals surface area (Å²) < 4.78 is 9.91. The zero-order valence-corrected chi connectivity index (χ0v) is 16.0. The van der Waals surface area contributed by atoms with E-state index >= 15 is 0 Å². The average Bonchev–Trinajstić information content (AvgIpc) is 3.29. The quantitative estimate of drug-likeness (QED) is 0.651. The first kappa shape index (κ1) is 17.4. The average molecular weight is 386 g/mol. The van der Waals surface area contributed by atoms with Gasteiger partial charge >= 0.3 is 0 Å². The highest BCUT2D eigenvalue weighted by atomic mass is 32.2. The Bertz CT molecular complexity index is 952. The van der Waals surface area contributed by atoms with Gasteiger partial charge in [-0.3, -0.25) is 4.90 Å². The van der Waals surface area contributed by atoms with Gasteiger partial charge in [-0.15, -0.1) is 11.3 Å². The lowest BCUT2D eigenvalue weighted by Gasteiger charge is -2.25. The van der Waals surface area contributed by atoms with Crippen molar-refractivity contribution in [2.75, 3.05) is 31.0 Å². The molecule has 0 radical (unpaired) electrons. The normalized spacial score (nSPS) is 15.2. The van der Waals surface area contributed by atoms with Crippen LogP contribution in [-0.2, 0) is 11.3 Å². The Morgan fingerprint density at radius 3 is 3.08 bits per heavy atom. The van der Waals surface area contributed by atoms with Gasteiger partial charge in [0, 0.05) is 24.7 Å². The Hall–Kier alpha value is -2.05. The number of nitrogens with one attached hydrogen (secondary N) is 2. The Labute approximate surface area is 160 Å². The summed E-state index contributed by atoms with van der Waals surface area (Å²) in [4.78, 5) is 10.1. The number of fused-ring (bicyclic) bond motifs is 1. The van der Waals surface area contributed by atoms with Gasteiger partial charge in [0.25, 0.3) is 0 Å². The van der Waals surface area contributed by atoms with E-state index in [1.54, 1.807) is 29.5 Å². The van der Waals surface area contributed by atoms with Crippen LogP contribution >= 0.6 is 23.3 Å². The second kappa shape index (κ2) is 7.68. The van der Waals surface area contributed by atoms with Crippen LogP contribution in [0.1, 0.15) is 16.1 Å². The predicted molar refractivity (Wildman–Crippen MR) is 105 cm³/mol. The summed E-state index contributed by atoms with van der Waals surface area (Å²) in [6.45, 7) is 6.45. The molecule has 0 unspecified atom stereocenters. The maximum atomic E-state index is 9.27. The number of hydrogen-bond acceptors (Lipinski definition) is 7. The van der Waals surface area contributed by atoms with Gasteiger partial charge in [-0.25, -0.2) is 4.98 Å². The number of thiazole rings is 1.